The van der Waals surface area contributed by atoms with Gasteiger partial charge in [0.15, 0.2) is 5.78 Å². The van der Waals surface area contributed by atoms with Crippen LogP contribution in [0.15, 0.2) is 121 Å². The van der Waals surface area contributed by atoms with Gasteiger partial charge in [-0.3, -0.25) is 34.7 Å². The van der Waals surface area contributed by atoms with Gasteiger partial charge in [0.2, 0.25) is 5.78 Å². The molecule has 0 radical (unpaired) electrons. The van der Waals surface area contributed by atoms with Crippen LogP contribution in [-0.2, 0) is 34.4 Å². The summed E-state index contributed by atoms with van der Waals surface area (Å²) in [6, 6.07) is 10.5. The molecule has 5 rings (SSSR count). The molecule has 3 aromatic carbocycles. The van der Waals surface area contributed by atoms with Gasteiger partial charge in [-0.05, 0) is 73.1 Å². The van der Waals surface area contributed by atoms with Crippen LogP contribution in [0.5, 0.6) is 0 Å². The molecule has 0 amide bonds. The van der Waals surface area contributed by atoms with Crippen LogP contribution in [0.25, 0.3) is 10.6 Å². The first-order valence-corrected chi connectivity index (χ1v) is 17.8. The Labute approximate surface area is 358 Å². The Morgan fingerprint density at radius 2 is 1.55 bits per heavy atom. The van der Waals surface area contributed by atoms with Crippen molar-refractivity contribution >= 4 is 77.7 Å². The second-order valence-electron chi connectivity index (χ2n) is 11.4. The normalized spacial score (nSPS) is 15.9. The Bertz CT molecular complexity index is 2470. The number of Topliss-reactive ketones (excluding diaryl/α,β-unsaturated/α-hetero) is 1. The fraction of sp³-hybridized carbons (Fsp3) is 0.0909. The summed E-state index contributed by atoms with van der Waals surface area (Å²) in [4.78, 5) is 44.0. The third-order valence-corrected chi connectivity index (χ3v) is 9.44. The molecule has 274 valence electrons. The SMILES string of the molecule is CC1=CC(=NC2=C(C)C(=O)C([N-]c3ccc([N-]c4ccc(N(O)O)cc4S(=O)(=O)O)c(C)c3)=CC2=O)C=CC1=Nc1ccc([N+](=O)[O-])cc1[S+](=O)(O)O.[Na+].[Na+]. The van der Waals surface area contributed by atoms with E-state index < -0.39 is 52.6 Å². The zero-order valence-corrected chi connectivity index (χ0v) is 35.2. The molecule has 5 N–H and O–H groups in total. The molecule has 18 nitrogen and oxygen atoms in total. The van der Waals surface area contributed by atoms with Gasteiger partial charge >= 0.3 is 69.6 Å². The van der Waals surface area contributed by atoms with E-state index in [-0.39, 0.29) is 121 Å². The largest absolute Gasteiger partial charge is 1.00 e. The van der Waals surface area contributed by atoms with E-state index in [4.69, 9.17) is 0 Å². The van der Waals surface area contributed by atoms with Crippen molar-refractivity contribution < 1.29 is 110 Å². The number of hydrogen-bond acceptors (Lipinski definition) is 12. The van der Waals surface area contributed by atoms with Gasteiger partial charge in [-0.25, -0.2) is 9.98 Å². The maximum absolute atomic E-state index is 13.3. The molecule has 0 aromatic heterocycles. The van der Waals surface area contributed by atoms with Gasteiger partial charge in [0.05, 0.1) is 33.0 Å². The number of nitrogens with zero attached hydrogens (tertiary/aromatic N) is 6. The number of aryl methyl sites for hydroxylation is 1. The molecule has 0 saturated heterocycles. The molecule has 0 spiro atoms. The van der Waals surface area contributed by atoms with Crippen LogP contribution >= 0.6 is 0 Å². The Hall–Kier alpha value is -4.00. The number of nitro benzene ring substituents is 1. The number of anilines is 1. The average Bonchev–Trinajstić information content (AvgIpc) is 3.07. The van der Waals surface area contributed by atoms with Crippen LogP contribution in [0.4, 0.5) is 34.1 Å². The van der Waals surface area contributed by atoms with E-state index in [2.05, 4.69) is 20.6 Å². The zero-order chi connectivity index (χ0) is 39.0. The number of non-ortho nitro benzene ring substituents is 1. The molecule has 0 heterocycles. The van der Waals surface area contributed by atoms with Crippen molar-refractivity contribution in [1.29, 1.82) is 0 Å². The van der Waals surface area contributed by atoms with Crippen LogP contribution in [-0.4, -0.2) is 60.4 Å². The van der Waals surface area contributed by atoms with Crippen LogP contribution in [0, 0.1) is 17.0 Å². The zero-order valence-electron chi connectivity index (χ0n) is 29.6. The molecule has 0 aliphatic heterocycles. The van der Waals surface area contributed by atoms with E-state index in [1.54, 1.807) is 13.8 Å². The van der Waals surface area contributed by atoms with Crippen molar-refractivity contribution in [2.75, 3.05) is 5.23 Å². The van der Waals surface area contributed by atoms with Gasteiger partial charge in [0.25, 0.3) is 20.7 Å². The number of hydrogen-bond donors (Lipinski definition) is 5. The second-order valence-corrected chi connectivity index (χ2v) is 14.2. The summed E-state index contributed by atoms with van der Waals surface area (Å²) in [5.74, 6) is -1.20. The summed E-state index contributed by atoms with van der Waals surface area (Å²) in [6.45, 7) is 4.65. The molecule has 55 heavy (non-hydrogen) atoms. The maximum Gasteiger partial charge on any atom is 1.00 e. The molecule has 0 saturated carbocycles. The van der Waals surface area contributed by atoms with Gasteiger partial charge in [-0.15, -0.1) is 22.3 Å². The number of carbonyl (C=O) groups is 2. The van der Waals surface area contributed by atoms with E-state index in [0.717, 1.165) is 42.5 Å². The summed E-state index contributed by atoms with van der Waals surface area (Å²) >= 11 is 0. The number of benzene rings is 3. The van der Waals surface area contributed by atoms with Crippen molar-refractivity contribution in [3.05, 3.63) is 128 Å². The van der Waals surface area contributed by atoms with Crippen molar-refractivity contribution in [2.24, 2.45) is 9.98 Å². The van der Waals surface area contributed by atoms with Gasteiger partial charge in [0.1, 0.15) is 11.4 Å². The van der Waals surface area contributed by atoms with E-state index >= 15 is 0 Å². The number of ketones is 2. The van der Waals surface area contributed by atoms with Crippen molar-refractivity contribution in [2.45, 2.75) is 30.6 Å². The van der Waals surface area contributed by atoms with Crippen LogP contribution in [0.1, 0.15) is 19.4 Å². The fourth-order valence-electron chi connectivity index (χ4n) is 5.01. The Morgan fingerprint density at radius 3 is 2.13 bits per heavy atom. The monoisotopic (exact) mass is 809 g/mol. The first-order chi connectivity index (χ1) is 24.7. The second kappa shape index (κ2) is 17.9. The topological polar surface area (TPSA) is 286 Å². The van der Waals surface area contributed by atoms with Crippen molar-refractivity contribution in [1.82, 2.24) is 0 Å². The molecule has 0 atom stereocenters. The molecule has 2 aliphatic carbocycles. The quantitative estimate of drug-likeness (QED) is 0.0477. The molecular weight excluding hydrogens is 783 g/mol. The minimum atomic E-state index is -4.81. The number of nitro groups is 1. The molecule has 22 heteroatoms. The predicted octanol–water partition coefficient (Wildman–Crippen LogP) is 0.929. The van der Waals surface area contributed by atoms with E-state index in [0.29, 0.717) is 11.1 Å². The Kier molecular flexibility index (Phi) is 14.7. The number of rotatable bonds is 10. The van der Waals surface area contributed by atoms with Crippen LogP contribution < -0.4 is 64.3 Å². The predicted molar refractivity (Wildman–Crippen MR) is 192 cm³/mol. The molecular formula is C33H27N6Na2O12S2+. The average molecular weight is 810 g/mol. The van der Waals surface area contributed by atoms with Gasteiger partial charge in [-0.1, -0.05) is 35.5 Å². The minimum absolute atomic E-state index is 0. The number of carbonyl (C=O) groups excluding carboxylic acids is 2. The van der Waals surface area contributed by atoms with Gasteiger partial charge < -0.3 is 10.6 Å². The minimum Gasteiger partial charge on any atom is -0.657 e. The maximum atomic E-state index is 13.3. The Balaban J connectivity index is 0.00000406. The van der Waals surface area contributed by atoms with Crippen LogP contribution in [0.2, 0.25) is 0 Å². The van der Waals surface area contributed by atoms with E-state index in [1.165, 1.54) is 43.4 Å². The number of allylic oxidation sites excluding steroid dienone is 6. The Morgan fingerprint density at radius 1 is 0.873 bits per heavy atom. The summed E-state index contributed by atoms with van der Waals surface area (Å²) in [5, 5.41) is 37.8. The first kappa shape index (κ1) is 45.4. The summed E-state index contributed by atoms with van der Waals surface area (Å²) in [7, 11) is -9.43. The van der Waals surface area contributed by atoms with E-state index in [9.17, 15) is 56.4 Å². The van der Waals surface area contributed by atoms with Crippen molar-refractivity contribution in [3.8, 4) is 0 Å². The molecule has 3 aromatic rings. The standard InChI is InChI=1S/C33H28N6O12S2.2Na/c1-17-12-20(4-8-24(17)36-26-10-6-22(38(42)43)14-30(26)52(46,47)48)34-28-16-29(40)32(19(3)33(28)41)35-21-5-9-25(18(2)13-21)37-27-11-7-23(39(44)45)15-31(27)53(49,50)51;;/h4-16,42-43H,1-3H3,(H4-,34,35,36,37,40,41,46,47,48,49,50,51);;/q;2*+1/p-1. The molecule has 0 unspecified atom stereocenters. The smallest absolute Gasteiger partial charge is 0.657 e. The molecule has 0 fully saturated rings. The van der Waals surface area contributed by atoms with Gasteiger partial charge in [-0.2, -0.15) is 17.5 Å². The first-order valence-electron chi connectivity index (χ1n) is 14.9. The third kappa shape index (κ3) is 10.7. The van der Waals surface area contributed by atoms with Crippen molar-refractivity contribution in [3.63, 3.8) is 0 Å². The molecule has 2 aliphatic rings. The molecule has 0 bridgehead atoms. The van der Waals surface area contributed by atoms with E-state index in [1.807, 2.05) is 0 Å². The third-order valence-electron chi connectivity index (χ3n) is 7.66. The fourth-order valence-corrected chi connectivity index (χ4v) is 6.32. The summed E-state index contributed by atoms with van der Waals surface area (Å²) in [6.07, 6.45) is 5.48. The number of aliphatic imine (C=N–C) groups is 2. The summed E-state index contributed by atoms with van der Waals surface area (Å²) in [5.41, 5.74) is 0.399. The van der Waals surface area contributed by atoms with Crippen LogP contribution in [0.3, 0.4) is 0 Å². The summed E-state index contributed by atoms with van der Waals surface area (Å²) < 4.78 is 64.9. The van der Waals surface area contributed by atoms with Gasteiger partial charge in [0, 0.05) is 11.6 Å².